The Morgan fingerprint density at radius 1 is 1.25 bits per heavy atom. The summed E-state index contributed by atoms with van der Waals surface area (Å²) in [7, 11) is 5.53. The molecule has 0 aliphatic rings. The number of ketones is 1. The van der Waals surface area contributed by atoms with Gasteiger partial charge >= 0.3 is 11.9 Å². The van der Waals surface area contributed by atoms with Gasteiger partial charge in [0.25, 0.3) is 0 Å². The maximum absolute atomic E-state index is 11.0. The van der Waals surface area contributed by atoms with Crippen molar-refractivity contribution in [2.45, 2.75) is 19.4 Å². The van der Waals surface area contributed by atoms with Crippen LogP contribution in [0, 0.1) is 0 Å². The summed E-state index contributed by atoms with van der Waals surface area (Å²) in [6.07, 6.45) is -1.08. The van der Waals surface area contributed by atoms with E-state index in [0.29, 0.717) is 11.0 Å². The standard InChI is InChI=1S/C10H17NO5/c1-7(12)10(15)16-8(5-9(13)14)6-11(2,3)4/h8H,5-6H2,1-4H3/p+1/t8-/m0/s1. The van der Waals surface area contributed by atoms with Gasteiger partial charge in [-0.1, -0.05) is 0 Å². The van der Waals surface area contributed by atoms with Crippen molar-refractivity contribution in [3.05, 3.63) is 0 Å². The Balaban J connectivity index is 4.49. The van der Waals surface area contributed by atoms with Crippen LogP contribution in [0.5, 0.6) is 0 Å². The van der Waals surface area contributed by atoms with Gasteiger partial charge in [0, 0.05) is 6.92 Å². The molecule has 0 saturated carbocycles. The van der Waals surface area contributed by atoms with E-state index in [-0.39, 0.29) is 6.42 Å². The largest absolute Gasteiger partial charge is 0.481 e. The van der Waals surface area contributed by atoms with E-state index in [1.807, 2.05) is 21.1 Å². The Labute approximate surface area is 94.4 Å². The van der Waals surface area contributed by atoms with Crippen molar-refractivity contribution < 1.29 is 28.7 Å². The number of likely N-dealkylation sites (N-methyl/N-ethyl adjacent to an activating group) is 1. The van der Waals surface area contributed by atoms with E-state index < -0.39 is 23.8 Å². The van der Waals surface area contributed by atoms with Crippen molar-refractivity contribution in [1.82, 2.24) is 0 Å². The second-order valence-electron chi connectivity index (χ2n) is 4.65. The van der Waals surface area contributed by atoms with Crippen molar-refractivity contribution in [2.24, 2.45) is 0 Å². The van der Waals surface area contributed by atoms with Gasteiger partial charge in [0.2, 0.25) is 5.78 Å². The van der Waals surface area contributed by atoms with Gasteiger partial charge in [0.05, 0.1) is 27.6 Å². The summed E-state index contributed by atoms with van der Waals surface area (Å²) in [5.74, 6) is -2.77. The number of Topliss-reactive ketones (excluding diaryl/α,β-unsaturated/α-hetero) is 1. The third-order valence-corrected chi connectivity index (χ3v) is 1.71. The lowest BCUT2D eigenvalue weighted by atomic mass is 10.2. The van der Waals surface area contributed by atoms with Crippen LogP contribution in [0.3, 0.4) is 0 Å². The second-order valence-corrected chi connectivity index (χ2v) is 4.65. The molecule has 0 unspecified atom stereocenters. The summed E-state index contributed by atoms with van der Waals surface area (Å²) < 4.78 is 5.26. The van der Waals surface area contributed by atoms with Crippen LogP contribution >= 0.6 is 0 Å². The number of hydrogen-bond acceptors (Lipinski definition) is 4. The maximum atomic E-state index is 11.0. The van der Waals surface area contributed by atoms with E-state index in [0.717, 1.165) is 6.92 Å². The summed E-state index contributed by atoms with van der Waals surface area (Å²) >= 11 is 0. The van der Waals surface area contributed by atoms with Crippen LogP contribution in [-0.4, -0.2) is 61.1 Å². The zero-order valence-corrected chi connectivity index (χ0v) is 10.0. The highest BCUT2D eigenvalue weighted by atomic mass is 16.5. The summed E-state index contributed by atoms with van der Waals surface area (Å²) in [5, 5.41) is 8.65. The zero-order chi connectivity index (χ0) is 12.9. The first-order chi connectivity index (χ1) is 7.11. The highest BCUT2D eigenvalue weighted by Gasteiger charge is 2.26. The molecule has 16 heavy (non-hydrogen) atoms. The molecule has 0 fully saturated rings. The predicted molar refractivity (Wildman–Crippen MR) is 55.7 cm³/mol. The zero-order valence-electron chi connectivity index (χ0n) is 10.0. The van der Waals surface area contributed by atoms with E-state index in [9.17, 15) is 14.4 Å². The molecule has 0 spiro atoms. The molecule has 0 aromatic carbocycles. The van der Waals surface area contributed by atoms with Gasteiger partial charge in [-0.05, 0) is 0 Å². The van der Waals surface area contributed by atoms with Gasteiger partial charge in [-0.15, -0.1) is 0 Å². The molecule has 0 amide bonds. The first-order valence-electron chi connectivity index (χ1n) is 4.85. The Morgan fingerprint density at radius 3 is 2.06 bits per heavy atom. The van der Waals surface area contributed by atoms with Crippen molar-refractivity contribution in [1.29, 1.82) is 0 Å². The average molecular weight is 232 g/mol. The number of aliphatic carboxylic acids is 1. The molecule has 6 heteroatoms. The molecule has 1 atom stereocenters. The molecule has 0 aliphatic heterocycles. The maximum Gasteiger partial charge on any atom is 0.374 e. The predicted octanol–water partition coefficient (Wildman–Crippen LogP) is -0.332. The summed E-state index contributed by atoms with van der Waals surface area (Å²) in [4.78, 5) is 32.3. The van der Waals surface area contributed by atoms with Gasteiger partial charge in [0.15, 0.2) is 6.10 Å². The van der Waals surface area contributed by atoms with Gasteiger partial charge in [-0.2, -0.15) is 0 Å². The number of carboxylic acid groups (broad SMARTS) is 1. The monoisotopic (exact) mass is 232 g/mol. The van der Waals surface area contributed by atoms with Crippen LogP contribution in [-0.2, 0) is 19.1 Å². The Kier molecular flexibility index (Phi) is 5.10. The van der Waals surface area contributed by atoms with Crippen LogP contribution in [0.1, 0.15) is 13.3 Å². The lowest BCUT2D eigenvalue weighted by molar-refractivity contribution is -0.873. The van der Waals surface area contributed by atoms with E-state index in [1.165, 1.54) is 0 Å². The first-order valence-corrected chi connectivity index (χ1v) is 4.85. The van der Waals surface area contributed by atoms with Crippen molar-refractivity contribution in [2.75, 3.05) is 27.7 Å². The summed E-state index contributed by atoms with van der Waals surface area (Å²) in [5.41, 5.74) is 0. The molecular formula is C10H18NO5+. The SMILES string of the molecule is CC(=O)C(=O)O[C@@H](CC(=O)O)C[N+](C)(C)C. The molecule has 1 N–H and O–H groups in total. The molecule has 0 bridgehead atoms. The molecule has 0 aromatic rings. The second kappa shape index (κ2) is 5.60. The van der Waals surface area contributed by atoms with Gasteiger partial charge in [-0.3, -0.25) is 9.59 Å². The van der Waals surface area contributed by atoms with Crippen LogP contribution in [0.4, 0.5) is 0 Å². The number of quaternary nitrogens is 1. The van der Waals surface area contributed by atoms with Crippen LogP contribution in [0.25, 0.3) is 0 Å². The topological polar surface area (TPSA) is 80.7 Å². The van der Waals surface area contributed by atoms with Crippen molar-refractivity contribution in [3.63, 3.8) is 0 Å². The Hall–Kier alpha value is -1.43. The lowest BCUT2D eigenvalue weighted by Gasteiger charge is -2.28. The molecule has 0 aromatic heterocycles. The number of carboxylic acids is 1. The Morgan fingerprint density at radius 2 is 1.75 bits per heavy atom. The smallest absolute Gasteiger partial charge is 0.374 e. The molecule has 0 aliphatic carbocycles. The fourth-order valence-corrected chi connectivity index (χ4v) is 1.18. The quantitative estimate of drug-likeness (QED) is 0.385. The number of carbonyl (C=O) groups excluding carboxylic acids is 2. The lowest BCUT2D eigenvalue weighted by Crippen LogP contribution is -2.44. The minimum absolute atomic E-state index is 0.297. The Bertz CT molecular complexity index is 292. The first kappa shape index (κ1) is 14.6. The van der Waals surface area contributed by atoms with Gasteiger partial charge in [0.1, 0.15) is 6.54 Å². The van der Waals surface area contributed by atoms with E-state index in [1.54, 1.807) is 0 Å². The minimum Gasteiger partial charge on any atom is -0.481 e. The van der Waals surface area contributed by atoms with E-state index >= 15 is 0 Å². The van der Waals surface area contributed by atoms with Crippen LogP contribution in [0.2, 0.25) is 0 Å². The fraction of sp³-hybridized carbons (Fsp3) is 0.700. The number of hydrogen-bond donors (Lipinski definition) is 1. The third kappa shape index (κ3) is 6.94. The third-order valence-electron chi connectivity index (χ3n) is 1.71. The molecule has 6 nitrogen and oxygen atoms in total. The number of ether oxygens (including phenoxy) is 1. The van der Waals surface area contributed by atoms with Gasteiger partial charge in [-0.25, -0.2) is 4.79 Å². The summed E-state index contributed by atoms with van der Waals surface area (Å²) in [6, 6.07) is 0. The average Bonchev–Trinajstić information content (AvgIpc) is 1.98. The van der Waals surface area contributed by atoms with E-state index in [4.69, 9.17) is 9.84 Å². The van der Waals surface area contributed by atoms with Crippen LogP contribution < -0.4 is 0 Å². The number of carbonyl (C=O) groups is 3. The van der Waals surface area contributed by atoms with Crippen molar-refractivity contribution >= 4 is 17.7 Å². The van der Waals surface area contributed by atoms with E-state index in [2.05, 4.69) is 0 Å². The number of rotatable bonds is 6. The highest BCUT2D eigenvalue weighted by molar-refractivity contribution is 6.32. The fourth-order valence-electron chi connectivity index (χ4n) is 1.18. The van der Waals surface area contributed by atoms with Gasteiger partial charge < -0.3 is 14.3 Å². The molecule has 0 radical (unpaired) electrons. The molecular weight excluding hydrogens is 214 g/mol. The molecule has 0 saturated heterocycles. The molecule has 0 heterocycles. The minimum atomic E-state index is -1.06. The normalized spacial score (nSPS) is 13.0. The molecule has 0 rings (SSSR count). The number of nitrogens with zero attached hydrogens (tertiary/aromatic N) is 1. The number of esters is 1. The highest BCUT2D eigenvalue weighted by Crippen LogP contribution is 2.05. The summed E-state index contributed by atoms with van der Waals surface area (Å²) in [6.45, 7) is 1.43. The van der Waals surface area contributed by atoms with Crippen LogP contribution in [0.15, 0.2) is 0 Å². The van der Waals surface area contributed by atoms with Crippen molar-refractivity contribution in [3.8, 4) is 0 Å². The molecule has 92 valence electrons.